The van der Waals surface area contributed by atoms with Gasteiger partial charge in [-0.2, -0.15) is 0 Å². The lowest BCUT2D eigenvalue weighted by Gasteiger charge is -2.31. The summed E-state index contributed by atoms with van der Waals surface area (Å²) in [5, 5.41) is 2.47. The van der Waals surface area contributed by atoms with E-state index in [4.69, 9.17) is 0 Å². The minimum atomic E-state index is -0.0869. The van der Waals surface area contributed by atoms with Gasteiger partial charge in [0.15, 0.2) is 0 Å². The summed E-state index contributed by atoms with van der Waals surface area (Å²) in [5.74, 6) is 0. The first-order valence-corrected chi connectivity index (χ1v) is 15.4. The van der Waals surface area contributed by atoms with E-state index in [1.165, 1.54) is 61.0 Å². The summed E-state index contributed by atoms with van der Waals surface area (Å²) in [7, 11) is 0. The van der Waals surface area contributed by atoms with E-state index < -0.39 is 0 Å². The summed E-state index contributed by atoms with van der Waals surface area (Å²) in [4.78, 5) is 2.49. The number of rotatable bonds is 5. The summed E-state index contributed by atoms with van der Waals surface area (Å²) >= 11 is 0. The minimum Gasteiger partial charge on any atom is -0.309 e. The SMILES string of the molecule is CC1(C)c2ccccc2-c2c(N(c3ccc4ccccc4c3)c3ccccc3-c3ccccc3-c3ccccc3)cccc21. The van der Waals surface area contributed by atoms with Crippen LogP contribution in [0.4, 0.5) is 17.1 Å². The Bertz CT molecular complexity index is 2150. The number of nitrogens with zero attached hydrogens (tertiary/aromatic N) is 1. The molecular weight excluding hydrogens is 530 g/mol. The number of hydrogen-bond donors (Lipinski definition) is 0. The quantitative estimate of drug-likeness (QED) is 0.201. The molecule has 0 saturated heterocycles. The molecule has 0 heterocycles. The van der Waals surface area contributed by atoms with Gasteiger partial charge in [-0.25, -0.2) is 0 Å². The van der Waals surface area contributed by atoms with E-state index in [2.05, 4.69) is 183 Å². The van der Waals surface area contributed by atoms with Crippen LogP contribution in [0, 0.1) is 0 Å². The van der Waals surface area contributed by atoms with E-state index in [0.717, 1.165) is 11.4 Å². The van der Waals surface area contributed by atoms with E-state index in [9.17, 15) is 0 Å². The number of benzene rings is 7. The third-order valence-corrected chi connectivity index (χ3v) is 9.26. The van der Waals surface area contributed by atoms with Crippen molar-refractivity contribution in [3.05, 3.63) is 175 Å². The molecule has 44 heavy (non-hydrogen) atoms. The smallest absolute Gasteiger partial charge is 0.0543 e. The molecule has 0 bridgehead atoms. The van der Waals surface area contributed by atoms with Gasteiger partial charge in [-0.15, -0.1) is 0 Å². The second-order valence-electron chi connectivity index (χ2n) is 12.2. The average molecular weight is 564 g/mol. The number of hydrogen-bond acceptors (Lipinski definition) is 1. The maximum atomic E-state index is 2.49. The molecule has 8 rings (SSSR count). The Kier molecular flexibility index (Phi) is 6.20. The molecule has 0 radical (unpaired) electrons. The van der Waals surface area contributed by atoms with E-state index in [-0.39, 0.29) is 5.41 Å². The standard InChI is InChI=1S/C43H33N/c1-43(2)38-23-12-10-22-37(38)42-39(43)24-14-26-41(42)44(33-28-27-30-15-6-7-18-32(30)29-33)40-25-13-11-21-36(40)35-20-9-8-19-34(35)31-16-4-3-5-17-31/h3-29H,1-2H3. The number of anilines is 3. The third-order valence-electron chi connectivity index (χ3n) is 9.26. The zero-order valence-electron chi connectivity index (χ0n) is 25.0. The fourth-order valence-corrected chi connectivity index (χ4v) is 7.13. The average Bonchev–Trinajstić information content (AvgIpc) is 3.32. The van der Waals surface area contributed by atoms with Crippen molar-refractivity contribution in [3.8, 4) is 33.4 Å². The first-order chi connectivity index (χ1) is 21.6. The van der Waals surface area contributed by atoms with Crippen molar-refractivity contribution < 1.29 is 0 Å². The van der Waals surface area contributed by atoms with Crippen LogP contribution in [-0.2, 0) is 5.41 Å². The molecule has 0 atom stereocenters. The van der Waals surface area contributed by atoms with Gasteiger partial charge >= 0.3 is 0 Å². The van der Waals surface area contributed by atoms with Gasteiger partial charge in [0, 0.05) is 22.2 Å². The molecule has 1 aliphatic rings. The minimum absolute atomic E-state index is 0.0869. The molecule has 210 valence electrons. The van der Waals surface area contributed by atoms with Crippen LogP contribution in [0.3, 0.4) is 0 Å². The Morgan fingerprint density at radius 3 is 1.82 bits per heavy atom. The Hall–Kier alpha value is -5.40. The monoisotopic (exact) mass is 563 g/mol. The maximum Gasteiger partial charge on any atom is 0.0543 e. The Morgan fingerprint density at radius 1 is 0.409 bits per heavy atom. The van der Waals surface area contributed by atoms with Crippen LogP contribution in [0.15, 0.2) is 164 Å². The molecule has 0 N–H and O–H groups in total. The summed E-state index contributed by atoms with van der Waals surface area (Å²) in [6.07, 6.45) is 0. The second kappa shape index (κ2) is 10.4. The molecule has 0 unspecified atom stereocenters. The maximum absolute atomic E-state index is 2.49. The highest BCUT2D eigenvalue weighted by Crippen LogP contribution is 2.55. The van der Waals surface area contributed by atoms with Gasteiger partial charge in [-0.1, -0.05) is 153 Å². The van der Waals surface area contributed by atoms with Crippen LogP contribution >= 0.6 is 0 Å². The van der Waals surface area contributed by atoms with Crippen molar-refractivity contribution in [2.45, 2.75) is 19.3 Å². The highest BCUT2D eigenvalue weighted by molar-refractivity contribution is 6.00. The Morgan fingerprint density at radius 2 is 1.00 bits per heavy atom. The van der Waals surface area contributed by atoms with Crippen LogP contribution in [-0.4, -0.2) is 0 Å². The van der Waals surface area contributed by atoms with Crippen molar-refractivity contribution in [3.63, 3.8) is 0 Å². The lowest BCUT2D eigenvalue weighted by molar-refractivity contribution is 0.660. The van der Waals surface area contributed by atoms with E-state index in [0.29, 0.717) is 0 Å². The molecule has 0 spiro atoms. The van der Waals surface area contributed by atoms with Crippen LogP contribution in [0.1, 0.15) is 25.0 Å². The van der Waals surface area contributed by atoms with Crippen molar-refractivity contribution in [2.24, 2.45) is 0 Å². The third kappa shape index (κ3) is 4.16. The normalized spacial score (nSPS) is 13.0. The predicted molar refractivity (Wildman–Crippen MR) is 187 cm³/mol. The van der Waals surface area contributed by atoms with E-state index >= 15 is 0 Å². The molecule has 0 amide bonds. The summed E-state index contributed by atoms with van der Waals surface area (Å²) in [6.45, 7) is 4.71. The molecular formula is C43H33N. The van der Waals surface area contributed by atoms with Crippen molar-refractivity contribution in [2.75, 3.05) is 4.90 Å². The lowest BCUT2D eigenvalue weighted by Crippen LogP contribution is -2.16. The molecule has 1 nitrogen and oxygen atoms in total. The molecule has 0 saturated carbocycles. The van der Waals surface area contributed by atoms with Gasteiger partial charge in [-0.3, -0.25) is 0 Å². The lowest BCUT2D eigenvalue weighted by atomic mass is 9.82. The highest BCUT2D eigenvalue weighted by Gasteiger charge is 2.37. The van der Waals surface area contributed by atoms with Gasteiger partial charge in [-0.05, 0) is 68.4 Å². The van der Waals surface area contributed by atoms with Gasteiger partial charge in [0.05, 0.1) is 11.4 Å². The van der Waals surface area contributed by atoms with Crippen LogP contribution in [0.2, 0.25) is 0 Å². The highest BCUT2D eigenvalue weighted by atomic mass is 15.1. The van der Waals surface area contributed by atoms with Gasteiger partial charge < -0.3 is 4.90 Å². The zero-order chi connectivity index (χ0) is 29.7. The summed E-state index contributed by atoms with van der Waals surface area (Å²) in [5.41, 5.74) is 13.6. The van der Waals surface area contributed by atoms with Crippen LogP contribution in [0.5, 0.6) is 0 Å². The first-order valence-electron chi connectivity index (χ1n) is 15.4. The van der Waals surface area contributed by atoms with E-state index in [1.54, 1.807) is 0 Å². The molecule has 1 aliphatic carbocycles. The fourth-order valence-electron chi connectivity index (χ4n) is 7.13. The van der Waals surface area contributed by atoms with E-state index in [1.807, 2.05) is 0 Å². The van der Waals surface area contributed by atoms with Crippen LogP contribution in [0.25, 0.3) is 44.2 Å². The first kappa shape index (κ1) is 26.2. The largest absolute Gasteiger partial charge is 0.309 e. The van der Waals surface area contributed by atoms with Gasteiger partial charge in [0.25, 0.3) is 0 Å². The van der Waals surface area contributed by atoms with Crippen molar-refractivity contribution >= 4 is 27.8 Å². The fraction of sp³-hybridized carbons (Fsp3) is 0.0698. The number of para-hydroxylation sites is 1. The summed E-state index contributed by atoms with van der Waals surface area (Å²) < 4.78 is 0. The zero-order valence-corrected chi connectivity index (χ0v) is 25.0. The molecule has 0 fully saturated rings. The second-order valence-corrected chi connectivity index (χ2v) is 12.2. The van der Waals surface area contributed by atoms with Gasteiger partial charge in [0.1, 0.15) is 0 Å². The van der Waals surface area contributed by atoms with Crippen LogP contribution < -0.4 is 4.90 Å². The topological polar surface area (TPSA) is 3.24 Å². The molecule has 1 heteroatoms. The molecule has 0 aliphatic heterocycles. The van der Waals surface area contributed by atoms with Gasteiger partial charge in [0.2, 0.25) is 0 Å². The molecule has 7 aromatic rings. The predicted octanol–water partition coefficient (Wildman–Crippen LogP) is 11.9. The Labute approximate surface area is 259 Å². The van der Waals surface area contributed by atoms with Crippen molar-refractivity contribution in [1.29, 1.82) is 0 Å². The number of fused-ring (bicyclic) bond motifs is 4. The van der Waals surface area contributed by atoms with Crippen molar-refractivity contribution in [1.82, 2.24) is 0 Å². The Balaban J connectivity index is 1.43. The molecule has 0 aromatic heterocycles. The summed E-state index contributed by atoms with van der Waals surface area (Å²) in [6, 6.07) is 59.6. The molecule has 7 aromatic carbocycles.